The summed E-state index contributed by atoms with van der Waals surface area (Å²) in [6.07, 6.45) is 0. The third-order valence-electron chi connectivity index (χ3n) is 2.62. The van der Waals surface area contributed by atoms with E-state index in [1.807, 2.05) is 6.07 Å². The maximum atomic E-state index is 12.7. The molecule has 18 heavy (non-hydrogen) atoms. The topological polar surface area (TPSA) is 61.8 Å². The molecule has 0 aliphatic carbocycles. The fourth-order valence-electron chi connectivity index (χ4n) is 1.62. The van der Waals surface area contributed by atoms with Crippen LogP contribution in [0.2, 0.25) is 0 Å². The SMILES string of the molecule is N#Cc1cccc(NCc2ccc(F)cc2)c1N. The van der Waals surface area contributed by atoms with Crippen molar-refractivity contribution in [2.75, 3.05) is 11.1 Å². The Balaban J connectivity index is 2.11. The van der Waals surface area contributed by atoms with E-state index in [-0.39, 0.29) is 5.82 Å². The van der Waals surface area contributed by atoms with Crippen molar-refractivity contribution < 1.29 is 4.39 Å². The van der Waals surface area contributed by atoms with Crippen molar-refractivity contribution in [1.82, 2.24) is 0 Å². The lowest BCUT2D eigenvalue weighted by Gasteiger charge is -2.10. The highest BCUT2D eigenvalue weighted by atomic mass is 19.1. The number of halogens is 1. The third-order valence-corrected chi connectivity index (χ3v) is 2.62. The van der Waals surface area contributed by atoms with E-state index < -0.39 is 0 Å². The molecule has 2 aromatic carbocycles. The van der Waals surface area contributed by atoms with Crippen LogP contribution in [0.4, 0.5) is 15.8 Å². The zero-order valence-electron chi connectivity index (χ0n) is 9.65. The highest BCUT2D eigenvalue weighted by molar-refractivity contribution is 5.72. The van der Waals surface area contributed by atoms with Crippen molar-refractivity contribution in [1.29, 1.82) is 5.26 Å². The Kier molecular flexibility index (Phi) is 3.44. The van der Waals surface area contributed by atoms with Gasteiger partial charge in [0.25, 0.3) is 0 Å². The van der Waals surface area contributed by atoms with Gasteiger partial charge in [0.15, 0.2) is 0 Å². The van der Waals surface area contributed by atoms with Crippen molar-refractivity contribution in [2.24, 2.45) is 0 Å². The van der Waals surface area contributed by atoms with Crippen LogP contribution in [0.3, 0.4) is 0 Å². The largest absolute Gasteiger partial charge is 0.396 e. The number of rotatable bonds is 3. The Bertz CT molecular complexity index is 585. The highest BCUT2D eigenvalue weighted by Gasteiger charge is 2.03. The summed E-state index contributed by atoms with van der Waals surface area (Å²) >= 11 is 0. The second-order valence-electron chi connectivity index (χ2n) is 3.86. The number of hydrogen-bond donors (Lipinski definition) is 2. The van der Waals surface area contributed by atoms with Gasteiger partial charge in [0.2, 0.25) is 0 Å². The van der Waals surface area contributed by atoms with E-state index in [2.05, 4.69) is 5.32 Å². The first-order valence-electron chi connectivity index (χ1n) is 5.47. The molecule has 3 nitrogen and oxygen atoms in total. The molecular weight excluding hydrogens is 229 g/mol. The lowest BCUT2D eigenvalue weighted by Crippen LogP contribution is -2.03. The van der Waals surface area contributed by atoms with Gasteiger partial charge >= 0.3 is 0 Å². The molecule has 0 unspecified atom stereocenters. The number of nitrogens with two attached hydrogens (primary N) is 1. The van der Waals surface area contributed by atoms with Crippen LogP contribution in [0, 0.1) is 17.1 Å². The smallest absolute Gasteiger partial charge is 0.123 e. The molecule has 0 saturated heterocycles. The molecule has 0 radical (unpaired) electrons. The second-order valence-corrected chi connectivity index (χ2v) is 3.86. The zero-order valence-corrected chi connectivity index (χ0v) is 9.65. The molecule has 0 aliphatic rings. The van der Waals surface area contributed by atoms with Crippen LogP contribution < -0.4 is 11.1 Å². The van der Waals surface area contributed by atoms with Gasteiger partial charge in [-0.15, -0.1) is 0 Å². The van der Waals surface area contributed by atoms with Gasteiger partial charge in [0, 0.05) is 6.54 Å². The predicted molar refractivity (Wildman–Crippen MR) is 69.3 cm³/mol. The van der Waals surface area contributed by atoms with Crippen molar-refractivity contribution in [3.8, 4) is 6.07 Å². The molecule has 0 fully saturated rings. The third kappa shape index (κ3) is 2.58. The molecule has 0 bridgehead atoms. The summed E-state index contributed by atoms with van der Waals surface area (Å²) in [5.41, 5.74) is 8.36. The number of hydrogen-bond acceptors (Lipinski definition) is 3. The van der Waals surface area contributed by atoms with Crippen LogP contribution in [-0.4, -0.2) is 0 Å². The van der Waals surface area contributed by atoms with Gasteiger partial charge in [0.05, 0.1) is 16.9 Å². The number of nitrogens with zero attached hydrogens (tertiary/aromatic N) is 1. The molecule has 0 saturated carbocycles. The van der Waals surface area contributed by atoms with Gasteiger partial charge in [-0.2, -0.15) is 5.26 Å². The van der Waals surface area contributed by atoms with Crippen LogP contribution in [0.5, 0.6) is 0 Å². The molecule has 0 aliphatic heterocycles. The minimum Gasteiger partial charge on any atom is -0.396 e. The summed E-state index contributed by atoms with van der Waals surface area (Å²) in [5.74, 6) is -0.259. The van der Waals surface area contributed by atoms with Crippen molar-refractivity contribution >= 4 is 11.4 Å². The predicted octanol–water partition coefficient (Wildman–Crippen LogP) is 2.89. The molecule has 0 heterocycles. The standard InChI is InChI=1S/C14H12FN3/c15-12-6-4-10(5-7-12)9-18-13-3-1-2-11(8-16)14(13)17/h1-7,18H,9,17H2. The van der Waals surface area contributed by atoms with E-state index in [1.165, 1.54) is 12.1 Å². The minimum atomic E-state index is -0.259. The lowest BCUT2D eigenvalue weighted by molar-refractivity contribution is 0.627. The number of nitrogen functional groups attached to an aromatic ring is 1. The van der Waals surface area contributed by atoms with Crippen LogP contribution in [0.25, 0.3) is 0 Å². The van der Waals surface area contributed by atoms with Gasteiger partial charge in [0.1, 0.15) is 11.9 Å². The normalized spacial score (nSPS) is 9.78. The van der Waals surface area contributed by atoms with E-state index in [0.717, 1.165) is 5.56 Å². The maximum Gasteiger partial charge on any atom is 0.123 e. The molecule has 2 rings (SSSR count). The molecule has 90 valence electrons. The summed E-state index contributed by atoms with van der Waals surface area (Å²) in [6.45, 7) is 0.527. The first kappa shape index (κ1) is 11.9. The summed E-state index contributed by atoms with van der Waals surface area (Å²) in [6, 6.07) is 13.5. The van der Waals surface area contributed by atoms with Crippen LogP contribution in [-0.2, 0) is 6.54 Å². The summed E-state index contributed by atoms with van der Waals surface area (Å²) in [7, 11) is 0. The quantitative estimate of drug-likeness (QED) is 0.812. The number of nitriles is 1. The number of anilines is 2. The number of nitrogens with one attached hydrogen (secondary N) is 1. The van der Waals surface area contributed by atoms with Crippen molar-refractivity contribution in [3.05, 3.63) is 59.4 Å². The van der Waals surface area contributed by atoms with Gasteiger partial charge in [-0.05, 0) is 29.8 Å². The van der Waals surface area contributed by atoms with E-state index in [9.17, 15) is 4.39 Å². The average Bonchev–Trinajstić information content (AvgIpc) is 2.39. The van der Waals surface area contributed by atoms with E-state index in [0.29, 0.717) is 23.5 Å². The molecule has 0 atom stereocenters. The zero-order chi connectivity index (χ0) is 13.0. The fourth-order valence-corrected chi connectivity index (χ4v) is 1.62. The van der Waals surface area contributed by atoms with Crippen molar-refractivity contribution in [2.45, 2.75) is 6.54 Å². The Labute approximate surface area is 105 Å². The van der Waals surface area contributed by atoms with E-state index in [1.54, 1.807) is 30.3 Å². The molecular formula is C14H12FN3. The fraction of sp³-hybridized carbons (Fsp3) is 0.0714. The molecule has 0 aromatic heterocycles. The minimum absolute atomic E-state index is 0.259. The van der Waals surface area contributed by atoms with Gasteiger partial charge in [-0.3, -0.25) is 0 Å². The molecule has 4 heteroatoms. The van der Waals surface area contributed by atoms with Gasteiger partial charge < -0.3 is 11.1 Å². The van der Waals surface area contributed by atoms with Gasteiger partial charge in [-0.25, -0.2) is 4.39 Å². The Morgan fingerprint density at radius 1 is 1.17 bits per heavy atom. The summed E-state index contributed by atoms with van der Waals surface area (Å²) in [5, 5.41) is 12.0. The second kappa shape index (κ2) is 5.19. The van der Waals surface area contributed by atoms with Crippen LogP contribution in [0.1, 0.15) is 11.1 Å². The first-order chi connectivity index (χ1) is 8.70. The number of para-hydroxylation sites is 1. The average molecular weight is 241 g/mol. The lowest BCUT2D eigenvalue weighted by atomic mass is 10.1. The van der Waals surface area contributed by atoms with E-state index in [4.69, 9.17) is 11.0 Å². The summed E-state index contributed by atoms with van der Waals surface area (Å²) < 4.78 is 12.7. The number of benzene rings is 2. The molecule has 3 N–H and O–H groups in total. The Hall–Kier alpha value is -2.54. The molecule has 0 amide bonds. The summed E-state index contributed by atoms with van der Waals surface area (Å²) in [4.78, 5) is 0. The Morgan fingerprint density at radius 2 is 1.89 bits per heavy atom. The molecule has 0 spiro atoms. The first-order valence-corrected chi connectivity index (χ1v) is 5.47. The van der Waals surface area contributed by atoms with Crippen LogP contribution in [0.15, 0.2) is 42.5 Å². The Morgan fingerprint density at radius 3 is 2.56 bits per heavy atom. The molecule has 2 aromatic rings. The monoisotopic (exact) mass is 241 g/mol. The van der Waals surface area contributed by atoms with Crippen LogP contribution >= 0.6 is 0 Å². The highest BCUT2D eigenvalue weighted by Crippen LogP contribution is 2.22. The van der Waals surface area contributed by atoms with Gasteiger partial charge in [-0.1, -0.05) is 18.2 Å². The maximum absolute atomic E-state index is 12.7. The van der Waals surface area contributed by atoms with Crippen molar-refractivity contribution in [3.63, 3.8) is 0 Å². The van der Waals surface area contributed by atoms with E-state index >= 15 is 0 Å².